The molecular formula is C11H13F3O. The highest BCUT2D eigenvalue weighted by molar-refractivity contribution is 5.34. The smallest absolute Gasteiger partial charge is 0.406 e. The number of alkyl halides is 3. The molecule has 0 aliphatic rings. The number of halogens is 3. The molecule has 0 amide bonds. The van der Waals surface area contributed by atoms with Crippen LogP contribution in [0.4, 0.5) is 13.2 Å². The van der Waals surface area contributed by atoms with Crippen LogP contribution in [0.3, 0.4) is 0 Å². The number of rotatable bonds is 3. The molecule has 1 aromatic rings. The summed E-state index contributed by atoms with van der Waals surface area (Å²) in [5.74, 6) is -0.133. The molecule has 0 radical (unpaired) electrons. The highest BCUT2D eigenvalue weighted by Gasteiger charge is 2.31. The number of hydrogen-bond donors (Lipinski definition) is 0. The van der Waals surface area contributed by atoms with Gasteiger partial charge in [-0.15, -0.1) is 13.2 Å². The first-order valence-corrected chi connectivity index (χ1v) is 4.77. The summed E-state index contributed by atoms with van der Waals surface area (Å²) in [7, 11) is 0. The van der Waals surface area contributed by atoms with Gasteiger partial charge in [-0.1, -0.05) is 19.4 Å². The van der Waals surface area contributed by atoms with E-state index in [0.29, 0.717) is 0 Å². The molecule has 15 heavy (non-hydrogen) atoms. The molecule has 0 heterocycles. The zero-order valence-corrected chi connectivity index (χ0v) is 8.69. The quantitative estimate of drug-likeness (QED) is 0.748. The minimum atomic E-state index is -4.61. The first kappa shape index (κ1) is 11.9. The number of benzene rings is 1. The van der Waals surface area contributed by atoms with Gasteiger partial charge in [0.2, 0.25) is 0 Å². The molecular weight excluding hydrogens is 205 g/mol. The molecule has 0 aliphatic carbocycles. The molecule has 4 heteroatoms. The van der Waals surface area contributed by atoms with Crippen LogP contribution in [0.25, 0.3) is 0 Å². The van der Waals surface area contributed by atoms with E-state index in [2.05, 4.69) is 4.74 Å². The fraction of sp³-hybridized carbons (Fsp3) is 0.455. The van der Waals surface area contributed by atoms with Crippen molar-refractivity contribution >= 4 is 0 Å². The molecule has 0 spiro atoms. The van der Waals surface area contributed by atoms with Crippen LogP contribution in [-0.4, -0.2) is 6.36 Å². The van der Waals surface area contributed by atoms with E-state index in [0.717, 1.165) is 24.0 Å². The zero-order valence-electron chi connectivity index (χ0n) is 8.69. The van der Waals surface area contributed by atoms with Gasteiger partial charge in [0, 0.05) is 0 Å². The fourth-order valence-electron chi connectivity index (χ4n) is 1.45. The van der Waals surface area contributed by atoms with Crippen molar-refractivity contribution in [3.8, 4) is 5.75 Å². The van der Waals surface area contributed by atoms with E-state index in [1.165, 1.54) is 12.1 Å². The van der Waals surface area contributed by atoms with Gasteiger partial charge in [0.15, 0.2) is 0 Å². The fourth-order valence-corrected chi connectivity index (χ4v) is 1.45. The number of hydrogen-bond acceptors (Lipinski definition) is 1. The van der Waals surface area contributed by atoms with Crippen LogP contribution in [-0.2, 0) is 6.42 Å². The minimum absolute atomic E-state index is 0.133. The van der Waals surface area contributed by atoms with Crippen molar-refractivity contribution in [1.82, 2.24) is 0 Å². The lowest BCUT2D eigenvalue weighted by Gasteiger charge is -2.11. The van der Waals surface area contributed by atoms with E-state index < -0.39 is 6.36 Å². The molecule has 0 unspecified atom stereocenters. The van der Waals surface area contributed by atoms with Crippen molar-refractivity contribution in [1.29, 1.82) is 0 Å². The predicted octanol–water partition coefficient (Wildman–Crippen LogP) is 3.85. The van der Waals surface area contributed by atoms with E-state index in [1.54, 1.807) is 6.92 Å². The van der Waals surface area contributed by atoms with Gasteiger partial charge in [-0.2, -0.15) is 0 Å². The van der Waals surface area contributed by atoms with Crippen molar-refractivity contribution in [2.75, 3.05) is 0 Å². The van der Waals surface area contributed by atoms with E-state index in [4.69, 9.17) is 0 Å². The van der Waals surface area contributed by atoms with Crippen molar-refractivity contribution in [2.45, 2.75) is 33.1 Å². The summed E-state index contributed by atoms with van der Waals surface area (Å²) in [6, 6.07) is 4.68. The molecule has 0 fully saturated rings. The van der Waals surface area contributed by atoms with Gasteiger partial charge in [-0.25, -0.2) is 0 Å². The maximum absolute atomic E-state index is 12.0. The second-order valence-electron chi connectivity index (χ2n) is 3.45. The summed E-state index contributed by atoms with van der Waals surface area (Å²) < 4.78 is 39.8. The van der Waals surface area contributed by atoms with Gasteiger partial charge >= 0.3 is 6.36 Å². The SMILES string of the molecule is CCCc1cc(C)cc(OC(F)(F)F)c1. The van der Waals surface area contributed by atoms with Crippen LogP contribution < -0.4 is 4.74 Å². The Morgan fingerprint density at radius 1 is 1.20 bits per heavy atom. The Morgan fingerprint density at radius 2 is 1.87 bits per heavy atom. The Balaban J connectivity index is 2.88. The molecule has 0 aliphatic heterocycles. The molecule has 1 aromatic carbocycles. The maximum Gasteiger partial charge on any atom is 0.573 e. The Hall–Kier alpha value is -1.19. The van der Waals surface area contributed by atoms with E-state index in [1.807, 2.05) is 13.0 Å². The van der Waals surface area contributed by atoms with Crippen LogP contribution >= 0.6 is 0 Å². The topological polar surface area (TPSA) is 9.23 Å². The van der Waals surface area contributed by atoms with Crippen molar-refractivity contribution in [2.24, 2.45) is 0 Å². The van der Waals surface area contributed by atoms with E-state index in [-0.39, 0.29) is 5.75 Å². The Kier molecular flexibility index (Phi) is 3.61. The van der Waals surface area contributed by atoms with Crippen molar-refractivity contribution < 1.29 is 17.9 Å². The van der Waals surface area contributed by atoms with E-state index >= 15 is 0 Å². The van der Waals surface area contributed by atoms with Gasteiger partial charge in [-0.05, 0) is 36.6 Å². The molecule has 1 rings (SSSR count). The maximum atomic E-state index is 12.0. The molecule has 0 bridgehead atoms. The standard InChI is InChI=1S/C11H13F3O/c1-3-4-9-5-8(2)6-10(7-9)15-11(12,13)14/h5-7H,3-4H2,1-2H3. The van der Waals surface area contributed by atoms with Gasteiger partial charge in [0.25, 0.3) is 0 Å². The minimum Gasteiger partial charge on any atom is -0.406 e. The van der Waals surface area contributed by atoms with Gasteiger partial charge < -0.3 is 4.74 Å². The third-order valence-corrected chi connectivity index (χ3v) is 1.88. The van der Waals surface area contributed by atoms with Crippen LogP contribution in [0.15, 0.2) is 18.2 Å². The summed E-state index contributed by atoms with van der Waals surface area (Å²) in [6.45, 7) is 3.73. The summed E-state index contributed by atoms with van der Waals surface area (Å²) in [5, 5.41) is 0. The first-order chi connectivity index (χ1) is 6.90. The number of ether oxygens (including phenoxy) is 1. The summed E-state index contributed by atoms with van der Waals surface area (Å²) >= 11 is 0. The van der Waals surface area contributed by atoms with Gasteiger partial charge in [0.05, 0.1) is 0 Å². The van der Waals surface area contributed by atoms with Crippen molar-refractivity contribution in [3.63, 3.8) is 0 Å². The molecule has 0 saturated heterocycles. The highest BCUT2D eigenvalue weighted by atomic mass is 19.4. The molecule has 0 aromatic heterocycles. The summed E-state index contributed by atoms with van der Waals surface area (Å²) in [6.07, 6.45) is -2.96. The first-order valence-electron chi connectivity index (χ1n) is 4.77. The summed E-state index contributed by atoms with van der Waals surface area (Å²) in [4.78, 5) is 0. The third-order valence-electron chi connectivity index (χ3n) is 1.88. The normalized spacial score (nSPS) is 11.5. The average Bonchev–Trinajstić information content (AvgIpc) is 1.99. The Labute approximate surface area is 86.9 Å². The number of aryl methyl sites for hydroxylation is 2. The summed E-state index contributed by atoms with van der Waals surface area (Å²) in [5.41, 5.74) is 1.65. The Bertz CT molecular complexity index is 331. The second-order valence-corrected chi connectivity index (χ2v) is 3.45. The van der Waals surface area contributed by atoms with Crippen LogP contribution in [0.1, 0.15) is 24.5 Å². The molecule has 0 N–H and O–H groups in total. The van der Waals surface area contributed by atoms with Crippen LogP contribution in [0.2, 0.25) is 0 Å². The molecule has 1 nitrogen and oxygen atoms in total. The van der Waals surface area contributed by atoms with Crippen LogP contribution in [0.5, 0.6) is 5.75 Å². The van der Waals surface area contributed by atoms with Crippen molar-refractivity contribution in [3.05, 3.63) is 29.3 Å². The molecule has 0 saturated carbocycles. The highest BCUT2D eigenvalue weighted by Crippen LogP contribution is 2.25. The van der Waals surface area contributed by atoms with Crippen LogP contribution in [0, 0.1) is 6.92 Å². The second kappa shape index (κ2) is 4.55. The average molecular weight is 218 g/mol. The predicted molar refractivity (Wildman–Crippen MR) is 51.9 cm³/mol. The lowest BCUT2D eigenvalue weighted by Crippen LogP contribution is -2.17. The molecule has 0 atom stereocenters. The lowest BCUT2D eigenvalue weighted by atomic mass is 10.1. The molecule has 84 valence electrons. The lowest BCUT2D eigenvalue weighted by molar-refractivity contribution is -0.274. The monoisotopic (exact) mass is 218 g/mol. The van der Waals surface area contributed by atoms with Gasteiger partial charge in [0.1, 0.15) is 5.75 Å². The Morgan fingerprint density at radius 3 is 2.40 bits per heavy atom. The largest absolute Gasteiger partial charge is 0.573 e. The third kappa shape index (κ3) is 4.23. The zero-order chi connectivity index (χ0) is 11.5. The van der Waals surface area contributed by atoms with E-state index in [9.17, 15) is 13.2 Å². The van der Waals surface area contributed by atoms with Gasteiger partial charge in [-0.3, -0.25) is 0 Å².